The molecular weight excluding hydrogens is 258 g/mol. The third-order valence-electron chi connectivity index (χ3n) is 4.15. The Morgan fingerprint density at radius 1 is 1.21 bits per heavy atom. The van der Waals surface area contributed by atoms with Crippen LogP contribution in [0.15, 0.2) is 4.52 Å². The zero-order valence-corrected chi connectivity index (χ0v) is 12.2. The van der Waals surface area contributed by atoms with Gasteiger partial charge in [-0.3, -0.25) is 0 Å². The SMILES string of the molecule is NC(Cc1nc(CSC2CCCCC2)no1)C1CC1. The van der Waals surface area contributed by atoms with Crippen LogP contribution >= 0.6 is 11.8 Å². The van der Waals surface area contributed by atoms with Gasteiger partial charge in [0.05, 0.1) is 5.75 Å². The molecule has 2 aliphatic rings. The van der Waals surface area contributed by atoms with E-state index in [2.05, 4.69) is 10.1 Å². The van der Waals surface area contributed by atoms with Crippen molar-refractivity contribution >= 4 is 11.8 Å². The summed E-state index contributed by atoms with van der Waals surface area (Å²) in [6.45, 7) is 0. The molecule has 3 rings (SSSR count). The van der Waals surface area contributed by atoms with Crippen molar-refractivity contribution in [3.8, 4) is 0 Å². The molecule has 0 amide bonds. The molecule has 2 aliphatic carbocycles. The van der Waals surface area contributed by atoms with Gasteiger partial charge >= 0.3 is 0 Å². The molecule has 1 aromatic heterocycles. The Labute approximate surface area is 118 Å². The Kier molecular flexibility index (Phi) is 4.43. The lowest BCUT2D eigenvalue weighted by Gasteiger charge is -2.19. The Balaban J connectivity index is 1.44. The molecule has 2 saturated carbocycles. The zero-order chi connectivity index (χ0) is 13.1. The van der Waals surface area contributed by atoms with Crippen molar-refractivity contribution in [2.24, 2.45) is 11.7 Å². The van der Waals surface area contributed by atoms with Crippen LogP contribution in [-0.2, 0) is 12.2 Å². The van der Waals surface area contributed by atoms with E-state index in [-0.39, 0.29) is 6.04 Å². The predicted octanol–water partition coefficient (Wildman–Crippen LogP) is 2.92. The van der Waals surface area contributed by atoms with E-state index < -0.39 is 0 Å². The standard InChI is InChI=1S/C14H23N3OS/c15-12(10-6-7-10)8-14-16-13(17-18-14)9-19-11-4-2-1-3-5-11/h10-12H,1-9,15H2. The molecule has 0 aromatic carbocycles. The first-order valence-electron chi connectivity index (χ1n) is 7.50. The van der Waals surface area contributed by atoms with Crippen LogP contribution in [0, 0.1) is 5.92 Å². The van der Waals surface area contributed by atoms with Crippen LogP contribution in [0.1, 0.15) is 56.7 Å². The number of aromatic nitrogens is 2. The highest BCUT2D eigenvalue weighted by molar-refractivity contribution is 7.99. The summed E-state index contributed by atoms with van der Waals surface area (Å²) in [6, 6.07) is 0.208. The highest BCUT2D eigenvalue weighted by atomic mass is 32.2. The number of thioether (sulfide) groups is 1. The van der Waals surface area contributed by atoms with Gasteiger partial charge in [-0.05, 0) is 31.6 Å². The van der Waals surface area contributed by atoms with Crippen molar-refractivity contribution in [2.45, 2.75) is 68.4 Å². The van der Waals surface area contributed by atoms with Gasteiger partial charge in [-0.1, -0.05) is 24.4 Å². The van der Waals surface area contributed by atoms with Gasteiger partial charge in [-0.2, -0.15) is 16.7 Å². The second-order valence-electron chi connectivity index (χ2n) is 5.88. The molecule has 19 heavy (non-hydrogen) atoms. The summed E-state index contributed by atoms with van der Waals surface area (Å²) in [7, 11) is 0. The largest absolute Gasteiger partial charge is 0.339 e. The van der Waals surface area contributed by atoms with Crippen molar-refractivity contribution in [3.05, 3.63) is 11.7 Å². The van der Waals surface area contributed by atoms with Crippen molar-refractivity contribution < 1.29 is 4.52 Å². The minimum absolute atomic E-state index is 0.208. The number of nitrogens with two attached hydrogens (primary N) is 1. The Bertz CT molecular complexity index is 399. The third-order valence-corrected chi connectivity index (χ3v) is 5.52. The van der Waals surface area contributed by atoms with Crippen molar-refractivity contribution in [2.75, 3.05) is 0 Å². The van der Waals surface area contributed by atoms with Gasteiger partial charge in [0, 0.05) is 17.7 Å². The van der Waals surface area contributed by atoms with Gasteiger partial charge in [0.1, 0.15) is 0 Å². The Morgan fingerprint density at radius 2 is 2.00 bits per heavy atom. The van der Waals surface area contributed by atoms with Crippen LogP contribution in [0.25, 0.3) is 0 Å². The van der Waals surface area contributed by atoms with E-state index in [0.717, 1.165) is 29.1 Å². The second-order valence-corrected chi connectivity index (χ2v) is 7.17. The summed E-state index contributed by atoms with van der Waals surface area (Å²) in [5, 5.41) is 4.87. The number of hydrogen-bond acceptors (Lipinski definition) is 5. The molecule has 2 fully saturated rings. The molecule has 0 spiro atoms. The molecule has 0 radical (unpaired) electrons. The number of hydrogen-bond donors (Lipinski definition) is 1. The summed E-state index contributed by atoms with van der Waals surface area (Å²) < 4.78 is 5.30. The molecule has 0 aliphatic heterocycles. The van der Waals surface area contributed by atoms with Gasteiger partial charge in [-0.25, -0.2) is 0 Å². The molecule has 106 valence electrons. The quantitative estimate of drug-likeness (QED) is 0.868. The minimum atomic E-state index is 0.208. The van der Waals surface area contributed by atoms with Crippen LogP contribution in [0.5, 0.6) is 0 Å². The molecule has 1 unspecified atom stereocenters. The predicted molar refractivity (Wildman–Crippen MR) is 76.9 cm³/mol. The molecular formula is C14H23N3OS. The lowest BCUT2D eigenvalue weighted by Crippen LogP contribution is -2.25. The lowest BCUT2D eigenvalue weighted by atomic mass is 10.0. The van der Waals surface area contributed by atoms with Crippen LogP contribution in [-0.4, -0.2) is 21.4 Å². The van der Waals surface area contributed by atoms with E-state index in [1.54, 1.807) is 0 Å². The van der Waals surface area contributed by atoms with Crippen molar-refractivity contribution in [3.63, 3.8) is 0 Å². The summed E-state index contributed by atoms with van der Waals surface area (Å²) in [5.41, 5.74) is 6.08. The topological polar surface area (TPSA) is 64.9 Å². The van der Waals surface area contributed by atoms with Gasteiger partial charge in [-0.15, -0.1) is 0 Å². The summed E-state index contributed by atoms with van der Waals surface area (Å²) >= 11 is 1.99. The smallest absolute Gasteiger partial charge is 0.228 e. The minimum Gasteiger partial charge on any atom is -0.339 e. The van der Waals surface area contributed by atoms with Gasteiger partial charge < -0.3 is 10.3 Å². The molecule has 5 heteroatoms. The molecule has 4 nitrogen and oxygen atoms in total. The average Bonchev–Trinajstić information content (AvgIpc) is 3.20. The molecule has 2 N–H and O–H groups in total. The van der Waals surface area contributed by atoms with Crippen LogP contribution in [0.2, 0.25) is 0 Å². The van der Waals surface area contributed by atoms with Gasteiger partial charge in [0.2, 0.25) is 5.89 Å². The molecule has 1 heterocycles. The first-order valence-corrected chi connectivity index (χ1v) is 8.55. The zero-order valence-electron chi connectivity index (χ0n) is 11.4. The summed E-state index contributed by atoms with van der Waals surface area (Å²) in [5.74, 6) is 3.13. The number of nitrogens with zero attached hydrogens (tertiary/aromatic N) is 2. The van der Waals surface area contributed by atoms with Crippen molar-refractivity contribution in [1.29, 1.82) is 0 Å². The fraction of sp³-hybridized carbons (Fsp3) is 0.857. The van der Waals surface area contributed by atoms with Gasteiger partial charge in [0.25, 0.3) is 0 Å². The van der Waals surface area contributed by atoms with Crippen LogP contribution < -0.4 is 5.73 Å². The fourth-order valence-electron chi connectivity index (χ4n) is 2.75. The van der Waals surface area contributed by atoms with E-state index in [9.17, 15) is 0 Å². The van der Waals surface area contributed by atoms with Crippen LogP contribution in [0.4, 0.5) is 0 Å². The van der Waals surface area contributed by atoms with E-state index in [0.29, 0.717) is 5.92 Å². The Hall–Kier alpha value is -0.550. The summed E-state index contributed by atoms with van der Waals surface area (Å²) in [4.78, 5) is 4.47. The fourth-order valence-corrected chi connectivity index (χ4v) is 3.92. The Morgan fingerprint density at radius 3 is 2.74 bits per heavy atom. The first-order chi connectivity index (χ1) is 9.31. The highest BCUT2D eigenvalue weighted by Gasteiger charge is 2.29. The molecule has 1 atom stereocenters. The van der Waals surface area contributed by atoms with E-state index in [1.807, 2.05) is 11.8 Å². The second kappa shape index (κ2) is 6.27. The van der Waals surface area contributed by atoms with Gasteiger partial charge in [0.15, 0.2) is 5.82 Å². The normalized spacial score (nSPS) is 22.6. The van der Waals surface area contributed by atoms with Crippen LogP contribution in [0.3, 0.4) is 0 Å². The molecule has 0 bridgehead atoms. The lowest BCUT2D eigenvalue weighted by molar-refractivity contribution is 0.360. The maximum Gasteiger partial charge on any atom is 0.228 e. The molecule has 0 saturated heterocycles. The maximum absolute atomic E-state index is 6.08. The highest BCUT2D eigenvalue weighted by Crippen LogP contribution is 2.33. The molecule has 1 aromatic rings. The number of rotatable bonds is 6. The van der Waals surface area contributed by atoms with Crippen molar-refractivity contribution in [1.82, 2.24) is 10.1 Å². The van der Waals surface area contributed by atoms with E-state index in [4.69, 9.17) is 10.3 Å². The summed E-state index contributed by atoms with van der Waals surface area (Å²) in [6.07, 6.45) is 10.1. The average molecular weight is 281 g/mol. The van der Waals surface area contributed by atoms with E-state index in [1.165, 1.54) is 44.9 Å². The van der Waals surface area contributed by atoms with E-state index >= 15 is 0 Å². The third kappa shape index (κ3) is 3.96. The monoisotopic (exact) mass is 281 g/mol. The first kappa shape index (κ1) is 13.4. The maximum atomic E-state index is 6.08.